The molecule has 2 N–H and O–H groups in total. The smallest absolute Gasteiger partial charge is 0.0440 e. The first-order valence-electron chi connectivity index (χ1n) is 9.61. The van der Waals surface area contributed by atoms with Crippen molar-refractivity contribution in [2.45, 2.75) is 78.2 Å². The lowest BCUT2D eigenvalue weighted by Crippen LogP contribution is -2.58. The van der Waals surface area contributed by atoms with Gasteiger partial charge in [-0.2, -0.15) is 0 Å². The van der Waals surface area contributed by atoms with Crippen molar-refractivity contribution in [1.82, 2.24) is 0 Å². The zero-order valence-corrected chi connectivity index (χ0v) is 15.1. The van der Waals surface area contributed by atoms with Crippen LogP contribution < -0.4 is 5.73 Å². The van der Waals surface area contributed by atoms with Crippen LogP contribution in [0.25, 0.3) is 0 Å². The maximum atomic E-state index is 7.02. The van der Waals surface area contributed by atoms with Gasteiger partial charge in [-0.3, -0.25) is 0 Å². The molecule has 22 heavy (non-hydrogen) atoms. The van der Waals surface area contributed by atoms with Crippen LogP contribution in [-0.2, 0) is 0 Å². The minimum Gasteiger partial charge on any atom is -0.321 e. The Balaban J connectivity index is 1.99. The average molecular weight is 302 g/mol. The summed E-state index contributed by atoms with van der Waals surface area (Å²) in [5, 5.41) is 0. The molecule has 124 valence electrons. The fraction of sp³-hybridized carbons (Fsp3) is 0.810. The number of allylic oxidation sites excluding steroid dienone is 2. The molecule has 3 aliphatic carbocycles. The number of fused-ring (bicyclic) bond motifs is 3. The van der Waals surface area contributed by atoms with Crippen LogP contribution in [0, 0.1) is 29.1 Å². The minimum absolute atomic E-state index is 0.0258. The van der Waals surface area contributed by atoms with Gasteiger partial charge in [0, 0.05) is 5.54 Å². The molecule has 0 aromatic heterocycles. The molecule has 1 nitrogen and oxygen atoms in total. The molecular formula is C21H35N. The standard InChI is InChI=1S/C21H35N/c1-5-8-18-17-11-10-16-9-6-7-13-21(16,22)19(17)12-14-20(18,4)15(2)3/h9-11,15,17-19H,5-8,12-14,22H2,1-4H3. The predicted molar refractivity (Wildman–Crippen MR) is 95.5 cm³/mol. The van der Waals surface area contributed by atoms with Gasteiger partial charge in [-0.1, -0.05) is 52.3 Å². The summed E-state index contributed by atoms with van der Waals surface area (Å²) in [6.07, 6.45) is 16.4. The van der Waals surface area contributed by atoms with Gasteiger partial charge in [-0.25, -0.2) is 0 Å². The van der Waals surface area contributed by atoms with Crippen molar-refractivity contribution in [2.24, 2.45) is 34.8 Å². The summed E-state index contributed by atoms with van der Waals surface area (Å²) >= 11 is 0. The van der Waals surface area contributed by atoms with Crippen LogP contribution in [0.1, 0.15) is 72.6 Å². The molecule has 0 heterocycles. The molecule has 5 unspecified atom stereocenters. The third kappa shape index (κ3) is 2.31. The van der Waals surface area contributed by atoms with E-state index >= 15 is 0 Å². The molecular weight excluding hydrogens is 266 g/mol. The summed E-state index contributed by atoms with van der Waals surface area (Å²) in [5.74, 6) is 2.93. The number of rotatable bonds is 3. The first-order chi connectivity index (χ1) is 10.4. The molecule has 0 saturated heterocycles. The fourth-order valence-corrected chi connectivity index (χ4v) is 5.81. The third-order valence-corrected chi connectivity index (χ3v) is 7.54. The highest BCUT2D eigenvalue weighted by atomic mass is 14.8. The monoisotopic (exact) mass is 301 g/mol. The van der Waals surface area contributed by atoms with Crippen LogP contribution >= 0.6 is 0 Å². The van der Waals surface area contributed by atoms with Crippen LogP contribution in [0.5, 0.6) is 0 Å². The maximum Gasteiger partial charge on any atom is 0.0440 e. The van der Waals surface area contributed by atoms with Crippen molar-refractivity contribution in [3.05, 3.63) is 23.8 Å². The molecule has 5 atom stereocenters. The summed E-state index contributed by atoms with van der Waals surface area (Å²) < 4.78 is 0. The van der Waals surface area contributed by atoms with E-state index in [1.807, 2.05) is 0 Å². The van der Waals surface area contributed by atoms with E-state index in [2.05, 4.69) is 45.9 Å². The molecule has 1 fully saturated rings. The quantitative estimate of drug-likeness (QED) is 0.735. The maximum absolute atomic E-state index is 7.02. The summed E-state index contributed by atoms with van der Waals surface area (Å²) in [4.78, 5) is 0. The van der Waals surface area contributed by atoms with Crippen molar-refractivity contribution in [3.8, 4) is 0 Å². The van der Waals surface area contributed by atoms with E-state index in [9.17, 15) is 0 Å². The van der Waals surface area contributed by atoms with E-state index in [-0.39, 0.29) is 5.54 Å². The lowest BCUT2D eigenvalue weighted by molar-refractivity contribution is -0.0278. The second-order valence-corrected chi connectivity index (χ2v) is 8.73. The Bertz CT molecular complexity index is 474. The largest absolute Gasteiger partial charge is 0.321 e. The average Bonchev–Trinajstić information content (AvgIpc) is 2.49. The molecule has 0 aliphatic heterocycles. The molecule has 0 aromatic carbocycles. The number of hydrogen-bond donors (Lipinski definition) is 1. The summed E-state index contributed by atoms with van der Waals surface area (Å²) in [7, 11) is 0. The zero-order chi connectivity index (χ0) is 16.0. The Kier molecular flexibility index (Phi) is 4.31. The topological polar surface area (TPSA) is 26.0 Å². The Morgan fingerprint density at radius 2 is 2.09 bits per heavy atom. The Morgan fingerprint density at radius 1 is 1.32 bits per heavy atom. The van der Waals surface area contributed by atoms with E-state index in [0.717, 1.165) is 11.8 Å². The highest BCUT2D eigenvalue weighted by Gasteiger charge is 2.53. The number of hydrogen-bond acceptors (Lipinski definition) is 1. The van der Waals surface area contributed by atoms with Crippen molar-refractivity contribution in [1.29, 1.82) is 0 Å². The van der Waals surface area contributed by atoms with E-state index in [1.54, 1.807) is 0 Å². The van der Waals surface area contributed by atoms with Gasteiger partial charge in [-0.15, -0.1) is 0 Å². The van der Waals surface area contributed by atoms with Crippen molar-refractivity contribution in [3.63, 3.8) is 0 Å². The van der Waals surface area contributed by atoms with Crippen molar-refractivity contribution >= 4 is 0 Å². The van der Waals surface area contributed by atoms with Gasteiger partial charge in [0.15, 0.2) is 0 Å². The van der Waals surface area contributed by atoms with Gasteiger partial charge in [0.1, 0.15) is 0 Å². The second-order valence-electron chi connectivity index (χ2n) is 8.73. The van der Waals surface area contributed by atoms with E-state index in [4.69, 9.17) is 5.73 Å². The highest BCUT2D eigenvalue weighted by Crippen LogP contribution is 2.58. The summed E-state index contributed by atoms with van der Waals surface area (Å²) in [6.45, 7) is 9.76. The van der Waals surface area contributed by atoms with Crippen LogP contribution in [0.2, 0.25) is 0 Å². The zero-order valence-electron chi connectivity index (χ0n) is 15.1. The van der Waals surface area contributed by atoms with Gasteiger partial charge in [-0.05, 0) is 73.2 Å². The van der Waals surface area contributed by atoms with Gasteiger partial charge >= 0.3 is 0 Å². The fourth-order valence-electron chi connectivity index (χ4n) is 5.81. The lowest BCUT2D eigenvalue weighted by atomic mass is 9.48. The van der Waals surface area contributed by atoms with Crippen LogP contribution in [0.4, 0.5) is 0 Å². The molecule has 3 aliphatic rings. The molecule has 0 bridgehead atoms. The van der Waals surface area contributed by atoms with Crippen LogP contribution in [-0.4, -0.2) is 5.54 Å². The molecule has 0 spiro atoms. The van der Waals surface area contributed by atoms with Crippen LogP contribution in [0.15, 0.2) is 23.8 Å². The van der Waals surface area contributed by atoms with Gasteiger partial charge in [0.25, 0.3) is 0 Å². The first kappa shape index (κ1) is 16.3. The third-order valence-electron chi connectivity index (χ3n) is 7.54. The van der Waals surface area contributed by atoms with Crippen molar-refractivity contribution < 1.29 is 0 Å². The minimum atomic E-state index is -0.0258. The highest BCUT2D eigenvalue weighted by molar-refractivity contribution is 5.39. The molecule has 0 radical (unpaired) electrons. The Morgan fingerprint density at radius 3 is 2.77 bits per heavy atom. The summed E-state index contributed by atoms with van der Waals surface area (Å²) in [6, 6.07) is 0. The SMILES string of the molecule is CCCC1C2C=CC3=CCCCC3(N)C2CCC1(C)C(C)C. The molecule has 1 heteroatoms. The normalized spacial score (nSPS) is 44.5. The molecule has 0 aromatic rings. The predicted octanol–water partition coefficient (Wildman–Crippen LogP) is 5.47. The van der Waals surface area contributed by atoms with Crippen molar-refractivity contribution in [2.75, 3.05) is 0 Å². The first-order valence-corrected chi connectivity index (χ1v) is 9.61. The lowest BCUT2D eigenvalue weighted by Gasteiger charge is -2.58. The molecule has 3 rings (SSSR count). The molecule has 1 saturated carbocycles. The van der Waals surface area contributed by atoms with E-state index < -0.39 is 0 Å². The van der Waals surface area contributed by atoms with E-state index in [0.29, 0.717) is 17.3 Å². The number of nitrogens with two attached hydrogens (primary N) is 1. The van der Waals surface area contributed by atoms with Gasteiger partial charge < -0.3 is 5.73 Å². The van der Waals surface area contributed by atoms with Crippen LogP contribution in [0.3, 0.4) is 0 Å². The van der Waals surface area contributed by atoms with Gasteiger partial charge in [0.05, 0.1) is 0 Å². The molecule has 0 amide bonds. The van der Waals surface area contributed by atoms with E-state index in [1.165, 1.54) is 50.5 Å². The van der Waals surface area contributed by atoms with Gasteiger partial charge in [0.2, 0.25) is 0 Å². The Labute approximate surface area is 137 Å². The second kappa shape index (κ2) is 5.82. The summed E-state index contributed by atoms with van der Waals surface area (Å²) in [5.41, 5.74) is 8.92. The Hall–Kier alpha value is -0.560.